The molecule has 28 heavy (non-hydrogen) atoms. The lowest BCUT2D eigenvalue weighted by atomic mass is 10.2. The summed E-state index contributed by atoms with van der Waals surface area (Å²) in [6, 6.07) is 13.9. The Morgan fingerprint density at radius 2 is 1.82 bits per heavy atom. The third-order valence-electron chi connectivity index (χ3n) is 4.76. The highest BCUT2D eigenvalue weighted by atomic mass is 16.5. The Balaban J connectivity index is 1.57. The molecule has 2 N–H and O–H groups in total. The molecule has 1 saturated heterocycles. The predicted molar refractivity (Wildman–Crippen MR) is 107 cm³/mol. The van der Waals surface area contributed by atoms with E-state index in [9.17, 15) is 9.59 Å². The van der Waals surface area contributed by atoms with E-state index in [2.05, 4.69) is 10.6 Å². The number of hydrogen-bond acceptors (Lipinski definition) is 4. The largest absolute Gasteiger partial charge is 0.497 e. The number of nitrogens with one attached hydrogen (secondary N) is 2. The molecule has 1 aliphatic heterocycles. The molecule has 2 aromatic carbocycles. The van der Waals surface area contributed by atoms with Gasteiger partial charge >= 0.3 is 6.03 Å². The number of carbonyl (C=O) groups excluding carboxylic acids is 2. The lowest BCUT2D eigenvalue weighted by molar-refractivity contribution is -0.124. The summed E-state index contributed by atoms with van der Waals surface area (Å²) in [6.07, 6.45) is 1.45. The molecule has 1 heterocycles. The summed E-state index contributed by atoms with van der Waals surface area (Å²) in [6.45, 7) is 0.959. The molecular weight excluding hydrogens is 358 g/mol. The molecule has 3 rings (SSSR count). The summed E-state index contributed by atoms with van der Waals surface area (Å²) in [5.41, 5.74) is 1.60. The zero-order valence-corrected chi connectivity index (χ0v) is 16.1. The van der Waals surface area contributed by atoms with Crippen molar-refractivity contribution in [3.63, 3.8) is 0 Å². The quantitative estimate of drug-likeness (QED) is 0.804. The van der Waals surface area contributed by atoms with Gasteiger partial charge in [0.25, 0.3) is 0 Å². The molecule has 0 bridgehead atoms. The third-order valence-corrected chi connectivity index (χ3v) is 4.76. The number of methoxy groups -OCH3 is 2. The van der Waals surface area contributed by atoms with Crippen LogP contribution in [0, 0.1) is 0 Å². The van der Waals surface area contributed by atoms with E-state index < -0.39 is 6.04 Å². The van der Waals surface area contributed by atoms with Crippen molar-refractivity contribution >= 4 is 17.6 Å². The molecule has 0 unspecified atom stereocenters. The van der Waals surface area contributed by atoms with E-state index in [-0.39, 0.29) is 11.9 Å². The summed E-state index contributed by atoms with van der Waals surface area (Å²) in [4.78, 5) is 26.9. The number of nitrogens with zero attached hydrogens (tertiary/aromatic N) is 1. The van der Waals surface area contributed by atoms with Gasteiger partial charge in [-0.3, -0.25) is 4.79 Å². The molecule has 0 saturated carbocycles. The molecule has 7 heteroatoms. The van der Waals surface area contributed by atoms with E-state index in [0.29, 0.717) is 30.9 Å². The maximum absolute atomic E-state index is 12.7. The van der Waals surface area contributed by atoms with E-state index >= 15 is 0 Å². The van der Waals surface area contributed by atoms with Crippen LogP contribution in [-0.4, -0.2) is 43.6 Å². The fourth-order valence-corrected chi connectivity index (χ4v) is 3.23. The summed E-state index contributed by atoms with van der Waals surface area (Å²) in [5, 5.41) is 5.77. The Morgan fingerprint density at radius 1 is 1.07 bits per heavy atom. The van der Waals surface area contributed by atoms with Gasteiger partial charge in [-0.2, -0.15) is 0 Å². The van der Waals surface area contributed by atoms with Crippen molar-refractivity contribution in [2.24, 2.45) is 0 Å². The van der Waals surface area contributed by atoms with Crippen LogP contribution in [-0.2, 0) is 11.3 Å². The van der Waals surface area contributed by atoms with Gasteiger partial charge in [0, 0.05) is 24.8 Å². The van der Waals surface area contributed by atoms with Crippen LogP contribution in [0.25, 0.3) is 0 Å². The van der Waals surface area contributed by atoms with Gasteiger partial charge in [-0.25, -0.2) is 4.79 Å². The topological polar surface area (TPSA) is 79.9 Å². The maximum atomic E-state index is 12.7. The molecule has 148 valence electrons. The maximum Gasteiger partial charge on any atom is 0.322 e. The van der Waals surface area contributed by atoms with E-state index in [1.54, 1.807) is 43.4 Å². The number of amides is 3. The summed E-state index contributed by atoms with van der Waals surface area (Å²) < 4.78 is 10.3. The van der Waals surface area contributed by atoms with Crippen LogP contribution in [0.15, 0.2) is 48.5 Å². The van der Waals surface area contributed by atoms with Gasteiger partial charge < -0.3 is 25.0 Å². The average Bonchev–Trinajstić information content (AvgIpc) is 3.22. The lowest BCUT2D eigenvalue weighted by Crippen LogP contribution is -2.47. The van der Waals surface area contributed by atoms with Crippen molar-refractivity contribution in [1.82, 2.24) is 10.2 Å². The van der Waals surface area contributed by atoms with Gasteiger partial charge in [-0.15, -0.1) is 0 Å². The van der Waals surface area contributed by atoms with Crippen LogP contribution < -0.4 is 20.1 Å². The van der Waals surface area contributed by atoms with Crippen molar-refractivity contribution in [2.45, 2.75) is 25.4 Å². The van der Waals surface area contributed by atoms with Crippen LogP contribution in [0.4, 0.5) is 10.5 Å². The minimum atomic E-state index is -0.469. The minimum absolute atomic E-state index is 0.144. The van der Waals surface area contributed by atoms with Crippen LogP contribution in [0.1, 0.15) is 18.4 Å². The molecule has 1 aliphatic rings. The number of ether oxygens (including phenoxy) is 2. The standard InChI is InChI=1S/C21H25N3O4/c1-27-17-10-8-15(9-11-17)14-22-20(25)19-7-4-12-24(19)21(26)23-16-5-3-6-18(13-16)28-2/h3,5-6,8-11,13,19H,4,7,12,14H2,1-2H3,(H,22,25)(H,23,26)/t19-/m1/s1. The van der Waals surface area contributed by atoms with Gasteiger partial charge in [-0.05, 0) is 42.7 Å². The van der Waals surface area contributed by atoms with Crippen LogP contribution in [0.5, 0.6) is 11.5 Å². The monoisotopic (exact) mass is 383 g/mol. The van der Waals surface area contributed by atoms with Gasteiger partial charge in [0.05, 0.1) is 14.2 Å². The zero-order chi connectivity index (χ0) is 19.9. The summed E-state index contributed by atoms with van der Waals surface area (Å²) >= 11 is 0. The van der Waals surface area contributed by atoms with Crippen molar-refractivity contribution in [3.05, 3.63) is 54.1 Å². The number of hydrogen-bond donors (Lipinski definition) is 2. The molecule has 0 spiro atoms. The second-order valence-corrected chi connectivity index (χ2v) is 6.58. The SMILES string of the molecule is COc1ccc(CNC(=O)[C@H]2CCCN2C(=O)Nc2cccc(OC)c2)cc1. The Morgan fingerprint density at radius 3 is 2.54 bits per heavy atom. The Hall–Kier alpha value is -3.22. The zero-order valence-electron chi connectivity index (χ0n) is 16.1. The molecule has 1 fully saturated rings. The first-order chi connectivity index (χ1) is 13.6. The van der Waals surface area contributed by atoms with Gasteiger partial charge in [0.15, 0.2) is 0 Å². The van der Waals surface area contributed by atoms with Crippen LogP contribution in [0.2, 0.25) is 0 Å². The van der Waals surface area contributed by atoms with Crippen molar-refractivity contribution in [3.8, 4) is 11.5 Å². The van der Waals surface area contributed by atoms with Crippen molar-refractivity contribution in [2.75, 3.05) is 26.1 Å². The summed E-state index contributed by atoms with van der Waals surface area (Å²) in [7, 11) is 3.19. The number of rotatable bonds is 6. The van der Waals surface area contributed by atoms with E-state index in [1.807, 2.05) is 24.3 Å². The van der Waals surface area contributed by atoms with E-state index in [1.165, 1.54) is 0 Å². The smallest absolute Gasteiger partial charge is 0.322 e. The highest BCUT2D eigenvalue weighted by Gasteiger charge is 2.34. The Kier molecular flexibility index (Phi) is 6.37. The second-order valence-electron chi connectivity index (χ2n) is 6.58. The second kappa shape index (κ2) is 9.12. The first-order valence-corrected chi connectivity index (χ1v) is 9.23. The van der Waals surface area contributed by atoms with Crippen molar-refractivity contribution in [1.29, 1.82) is 0 Å². The van der Waals surface area contributed by atoms with Gasteiger partial charge in [0.2, 0.25) is 5.91 Å². The number of likely N-dealkylation sites (tertiary alicyclic amines) is 1. The molecular formula is C21H25N3O4. The molecule has 2 aromatic rings. The van der Waals surface area contributed by atoms with Crippen molar-refractivity contribution < 1.29 is 19.1 Å². The molecule has 0 aromatic heterocycles. The minimum Gasteiger partial charge on any atom is -0.497 e. The Labute approximate surface area is 164 Å². The van der Waals surface area contributed by atoms with Gasteiger partial charge in [0.1, 0.15) is 17.5 Å². The number of benzene rings is 2. The highest BCUT2D eigenvalue weighted by molar-refractivity contribution is 5.94. The number of carbonyl (C=O) groups is 2. The highest BCUT2D eigenvalue weighted by Crippen LogP contribution is 2.21. The van der Waals surface area contributed by atoms with Gasteiger partial charge in [-0.1, -0.05) is 18.2 Å². The molecule has 1 atom stereocenters. The first-order valence-electron chi connectivity index (χ1n) is 9.23. The fourth-order valence-electron chi connectivity index (χ4n) is 3.23. The predicted octanol–water partition coefficient (Wildman–Crippen LogP) is 3.02. The van der Waals surface area contributed by atoms with E-state index in [0.717, 1.165) is 17.7 Å². The van der Waals surface area contributed by atoms with Crippen LogP contribution in [0.3, 0.4) is 0 Å². The fraction of sp³-hybridized carbons (Fsp3) is 0.333. The normalized spacial score (nSPS) is 15.8. The summed E-state index contributed by atoms with van der Waals surface area (Å²) in [5.74, 6) is 1.29. The number of anilines is 1. The molecule has 7 nitrogen and oxygen atoms in total. The first kappa shape index (κ1) is 19.5. The average molecular weight is 383 g/mol. The molecule has 0 aliphatic carbocycles. The Bertz CT molecular complexity index is 823. The molecule has 0 radical (unpaired) electrons. The molecule has 3 amide bonds. The van der Waals surface area contributed by atoms with E-state index in [4.69, 9.17) is 9.47 Å². The lowest BCUT2D eigenvalue weighted by Gasteiger charge is -2.24. The number of urea groups is 1. The third kappa shape index (κ3) is 4.73. The van der Waals surface area contributed by atoms with Crippen LogP contribution >= 0.6 is 0 Å².